The lowest BCUT2D eigenvalue weighted by Crippen LogP contribution is -2.21. The summed E-state index contributed by atoms with van der Waals surface area (Å²) < 4.78 is 16.0. The third kappa shape index (κ3) is 6.79. The summed E-state index contributed by atoms with van der Waals surface area (Å²) in [5.41, 5.74) is 1.13. The molecule has 0 heterocycles. The molecule has 18 heavy (non-hydrogen) atoms. The Labute approximate surface area is 111 Å². The first-order chi connectivity index (χ1) is 8.51. The predicted molar refractivity (Wildman–Crippen MR) is 76.8 cm³/mol. The van der Waals surface area contributed by atoms with Crippen LogP contribution in [0, 0.1) is 0 Å². The second kappa shape index (κ2) is 7.56. The van der Waals surface area contributed by atoms with E-state index in [1.807, 2.05) is 24.3 Å². The first kappa shape index (κ1) is 15.2. The highest BCUT2D eigenvalue weighted by Gasteiger charge is 2.11. The highest BCUT2D eigenvalue weighted by atomic mass is 28.3. The zero-order valence-electron chi connectivity index (χ0n) is 11.9. The van der Waals surface area contributed by atoms with Crippen LogP contribution in [-0.4, -0.2) is 28.6 Å². The third-order valence-corrected chi connectivity index (χ3v) is 4.29. The Balaban J connectivity index is 2.10. The first-order valence-corrected chi connectivity index (χ1v) is 10.0. The van der Waals surface area contributed by atoms with Gasteiger partial charge in [-0.2, -0.15) is 0 Å². The Morgan fingerprint density at radius 1 is 1.00 bits per heavy atom. The molecule has 0 atom stereocenters. The molecular formula is C14H24O3Si. The molecule has 3 nitrogen and oxygen atoms in total. The smallest absolute Gasteiger partial charge is 0.147 e. The van der Waals surface area contributed by atoms with Gasteiger partial charge in [0.1, 0.15) is 12.5 Å². The number of benzene rings is 1. The summed E-state index contributed by atoms with van der Waals surface area (Å²) in [7, 11) is 0.678. The van der Waals surface area contributed by atoms with Crippen molar-refractivity contribution in [3.05, 3.63) is 29.8 Å². The molecule has 0 aromatic heterocycles. The van der Waals surface area contributed by atoms with Crippen molar-refractivity contribution in [2.24, 2.45) is 0 Å². The molecule has 1 aromatic carbocycles. The molecule has 0 fully saturated rings. The van der Waals surface area contributed by atoms with E-state index in [0.717, 1.165) is 17.9 Å². The van der Waals surface area contributed by atoms with E-state index in [9.17, 15) is 0 Å². The molecule has 1 aromatic rings. The maximum Gasteiger partial charge on any atom is 0.147 e. The first-order valence-electron chi connectivity index (χ1n) is 6.30. The van der Waals surface area contributed by atoms with Crippen molar-refractivity contribution in [2.75, 3.05) is 20.5 Å². The Morgan fingerprint density at radius 2 is 1.67 bits per heavy atom. The molecular weight excluding hydrogens is 244 g/mol. The van der Waals surface area contributed by atoms with Crippen molar-refractivity contribution in [1.82, 2.24) is 0 Å². The normalized spacial score (nSPS) is 11.6. The van der Waals surface area contributed by atoms with Crippen LogP contribution in [0.2, 0.25) is 25.7 Å². The number of rotatable bonds is 8. The topological polar surface area (TPSA) is 27.7 Å². The van der Waals surface area contributed by atoms with Crippen molar-refractivity contribution in [1.29, 1.82) is 0 Å². The zero-order chi connectivity index (χ0) is 13.4. The van der Waals surface area contributed by atoms with Crippen LogP contribution >= 0.6 is 0 Å². The van der Waals surface area contributed by atoms with E-state index in [2.05, 4.69) is 19.6 Å². The summed E-state index contributed by atoms with van der Waals surface area (Å²) in [5.74, 6) is 0.866. The Bertz CT molecular complexity index is 330. The maximum absolute atomic E-state index is 5.46. The predicted octanol–water partition coefficient (Wildman–Crippen LogP) is 3.52. The van der Waals surface area contributed by atoms with Gasteiger partial charge in [-0.1, -0.05) is 31.8 Å². The lowest BCUT2D eigenvalue weighted by molar-refractivity contribution is -0.0573. The van der Waals surface area contributed by atoms with Crippen LogP contribution in [0.25, 0.3) is 0 Å². The van der Waals surface area contributed by atoms with Gasteiger partial charge in [-0.3, -0.25) is 0 Å². The molecule has 0 spiro atoms. The quantitative estimate of drug-likeness (QED) is 0.410. The van der Waals surface area contributed by atoms with Crippen LogP contribution in [0.3, 0.4) is 0 Å². The van der Waals surface area contributed by atoms with Gasteiger partial charge in [0.2, 0.25) is 0 Å². The van der Waals surface area contributed by atoms with E-state index in [4.69, 9.17) is 14.2 Å². The lowest BCUT2D eigenvalue weighted by atomic mass is 10.2. The fraction of sp³-hybridized carbons (Fsp3) is 0.571. The second-order valence-electron chi connectivity index (χ2n) is 5.53. The minimum absolute atomic E-state index is 0.372. The molecule has 0 aliphatic carbocycles. The molecule has 0 radical (unpaired) electrons. The highest BCUT2D eigenvalue weighted by Crippen LogP contribution is 2.12. The average molecular weight is 268 g/mol. The molecule has 0 bridgehead atoms. The molecule has 0 amide bonds. The third-order valence-electron chi connectivity index (χ3n) is 2.59. The monoisotopic (exact) mass is 268 g/mol. The zero-order valence-corrected chi connectivity index (χ0v) is 12.9. The van der Waals surface area contributed by atoms with E-state index in [0.29, 0.717) is 13.4 Å². The van der Waals surface area contributed by atoms with E-state index in [1.54, 1.807) is 7.11 Å². The van der Waals surface area contributed by atoms with Crippen molar-refractivity contribution in [3.8, 4) is 5.75 Å². The lowest BCUT2D eigenvalue weighted by Gasteiger charge is -2.15. The van der Waals surface area contributed by atoms with Crippen LogP contribution in [0.15, 0.2) is 24.3 Å². The largest absolute Gasteiger partial charge is 0.497 e. The fourth-order valence-corrected chi connectivity index (χ4v) is 2.13. The van der Waals surface area contributed by atoms with Gasteiger partial charge in [0.15, 0.2) is 0 Å². The van der Waals surface area contributed by atoms with E-state index in [-0.39, 0.29) is 0 Å². The Kier molecular flexibility index (Phi) is 6.39. The van der Waals surface area contributed by atoms with E-state index >= 15 is 0 Å². The molecule has 0 N–H and O–H groups in total. The van der Waals surface area contributed by atoms with Crippen LogP contribution in [0.5, 0.6) is 5.75 Å². The van der Waals surface area contributed by atoms with Gasteiger partial charge in [0, 0.05) is 14.7 Å². The van der Waals surface area contributed by atoms with Crippen LogP contribution in [0.1, 0.15) is 5.56 Å². The highest BCUT2D eigenvalue weighted by molar-refractivity contribution is 6.76. The number of methoxy groups -OCH3 is 1. The molecule has 1 rings (SSSR count). The van der Waals surface area contributed by atoms with Crippen LogP contribution < -0.4 is 4.74 Å². The van der Waals surface area contributed by atoms with Crippen molar-refractivity contribution >= 4 is 8.07 Å². The molecule has 102 valence electrons. The maximum atomic E-state index is 5.46. The van der Waals surface area contributed by atoms with E-state index < -0.39 is 8.07 Å². The molecule has 0 saturated heterocycles. The van der Waals surface area contributed by atoms with Crippen LogP contribution in [0.4, 0.5) is 0 Å². The molecule has 4 heteroatoms. The van der Waals surface area contributed by atoms with Gasteiger partial charge in [0.25, 0.3) is 0 Å². The summed E-state index contributed by atoms with van der Waals surface area (Å²) in [5, 5.41) is 0. The number of ether oxygens (including phenoxy) is 3. The molecule has 0 aliphatic heterocycles. The summed E-state index contributed by atoms with van der Waals surface area (Å²) in [6, 6.07) is 9.05. The van der Waals surface area contributed by atoms with Gasteiger partial charge in [-0.15, -0.1) is 0 Å². The van der Waals surface area contributed by atoms with Gasteiger partial charge in [0.05, 0.1) is 13.7 Å². The number of hydrogen-bond donors (Lipinski definition) is 0. The van der Waals surface area contributed by atoms with Gasteiger partial charge >= 0.3 is 0 Å². The fourth-order valence-electron chi connectivity index (χ4n) is 1.38. The van der Waals surface area contributed by atoms with Crippen molar-refractivity contribution in [3.63, 3.8) is 0 Å². The second-order valence-corrected chi connectivity index (χ2v) is 11.2. The summed E-state index contributed by atoms with van der Waals surface area (Å²) >= 11 is 0. The molecule has 0 saturated carbocycles. The average Bonchev–Trinajstić information content (AvgIpc) is 2.33. The van der Waals surface area contributed by atoms with Gasteiger partial charge in [-0.05, 0) is 23.7 Å². The summed E-state index contributed by atoms with van der Waals surface area (Å²) in [6.45, 7) is 8.78. The van der Waals surface area contributed by atoms with E-state index in [1.165, 1.54) is 6.04 Å². The van der Waals surface area contributed by atoms with Crippen LogP contribution in [-0.2, 0) is 16.1 Å². The van der Waals surface area contributed by atoms with Gasteiger partial charge < -0.3 is 14.2 Å². The van der Waals surface area contributed by atoms with Gasteiger partial charge in [-0.25, -0.2) is 0 Å². The molecule has 0 aliphatic rings. The summed E-state index contributed by atoms with van der Waals surface area (Å²) in [6.07, 6.45) is 0. The molecule has 0 unspecified atom stereocenters. The summed E-state index contributed by atoms with van der Waals surface area (Å²) in [4.78, 5) is 0. The standard InChI is InChI=1S/C14H24O3Si/c1-15-14-7-5-13(6-8-14)11-17-12-16-9-10-18(2,3)4/h5-8H,9-12H2,1-4H3. The Morgan fingerprint density at radius 3 is 2.22 bits per heavy atom. The van der Waals surface area contributed by atoms with Crippen molar-refractivity contribution < 1.29 is 14.2 Å². The Hall–Kier alpha value is -0.843. The van der Waals surface area contributed by atoms with Crippen molar-refractivity contribution in [2.45, 2.75) is 32.3 Å². The SMILES string of the molecule is COc1ccc(COCOCC[Si](C)(C)C)cc1. The minimum Gasteiger partial charge on any atom is -0.497 e. The number of hydrogen-bond acceptors (Lipinski definition) is 3. The minimum atomic E-state index is -0.986.